The largest absolute Gasteiger partial charge is 0.389 e. The number of halogens is 1. The van der Waals surface area contributed by atoms with Crippen LogP contribution in [-0.4, -0.2) is 45.6 Å². The molecule has 0 amide bonds. The number of ether oxygens (including phenoxy) is 1. The predicted octanol–water partition coefficient (Wildman–Crippen LogP) is 0.989. The second-order valence-electron chi connectivity index (χ2n) is 4.34. The van der Waals surface area contributed by atoms with Crippen LogP contribution in [-0.2, 0) is 11.3 Å². The molecular weight excluding hydrogens is 235 g/mol. The molecule has 0 heterocycles. The number of aliphatic hydroxyl groups excluding tert-OH is 1. The quantitative estimate of drug-likeness (QED) is 0.763. The Bertz CT molecular complexity index is 374. The van der Waals surface area contributed by atoms with Crippen LogP contribution in [0, 0.1) is 5.82 Å². The smallest absolute Gasteiger partial charge is 0.125 e. The zero-order chi connectivity index (χ0) is 13.5. The second kappa shape index (κ2) is 7.31. The molecule has 0 aliphatic carbocycles. The molecule has 0 fully saturated rings. The van der Waals surface area contributed by atoms with E-state index in [1.165, 1.54) is 19.2 Å². The highest BCUT2D eigenvalue weighted by Gasteiger charge is 2.10. The summed E-state index contributed by atoms with van der Waals surface area (Å²) in [5.41, 5.74) is 1.62. The molecule has 102 valence electrons. The lowest BCUT2D eigenvalue weighted by Crippen LogP contribution is -2.32. The van der Waals surface area contributed by atoms with E-state index in [0.29, 0.717) is 13.1 Å². The number of benzene rings is 1. The fraction of sp³-hybridized carbons (Fsp3) is 0.538. The highest BCUT2D eigenvalue weighted by atomic mass is 19.1. The van der Waals surface area contributed by atoms with Crippen LogP contribution in [0.2, 0.25) is 0 Å². The van der Waals surface area contributed by atoms with Gasteiger partial charge in [-0.05, 0) is 30.8 Å². The Morgan fingerprint density at radius 1 is 1.44 bits per heavy atom. The van der Waals surface area contributed by atoms with E-state index in [4.69, 9.17) is 4.74 Å². The molecule has 1 atom stereocenters. The summed E-state index contributed by atoms with van der Waals surface area (Å²) in [6.45, 7) is 1.28. The maximum absolute atomic E-state index is 13.5. The number of nitrogens with one attached hydrogen (secondary N) is 1. The van der Waals surface area contributed by atoms with E-state index in [9.17, 15) is 9.50 Å². The first-order chi connectivity index (χ1) is 8.56. The molecule has 0 aliphatic rings. The van der Waals surface area contributed by atoms with Crippen molar-refractivity contribution >= 4 is 5.69 Å². The van der Waals surface area contributed by atoms with E-state index in [-0.39, 0.29) is 12.4 Å². The van der Waals surface area contributed by atoms with Crippen LogP contribution < -0.4 is 10.2 Å². The number of likely N-dealkylation sites (N-methyl/N-ethyl adjacent to an activating group) is 1. The van der Waals surface area contributed by atoms with Gasteiger partial charge in [0, 0.05) is 32.9 Å². The molecule has 0 aliphatic heterocycles. The molecule has 2 N–H and O–H groups in total. The molecule has 0 aromatic heterocycles. The SMILES string of the molecule is CNCc1cc(F)cc(N(C)CC(O)COC)c1. The van der Waals surface area contributed by atoms with Crippen molar-refractivity contribution in [3.05, 3.63) is 29.6 Å². The standard InChI is InChI=1S/C13H21FN2O2/c1-15-7-10-4-11(14)6-12(5-10)16(2)8-13(17)9-18-3/h4-6,13,15,17H,7-9H2,1-3H3. The van der Waals surface area contributed by atoms with Gasteiger partial charge in [-0.2, -0.15) is 0 Å². The van der Waals surface area contributed by atoms with Gasteiger partial charge >= 0.3 is 0 Å². The first-order valence-corrected chi connectivity index (χ1v) is 5.89. The van der Waals surface area contributed by atoms with Gasteiger partial charge in [-0.3, -0.25) is 0 Å². The Balaban J connectivity index is 2.74. The predicted molar refractivity (Wildman–Crippen MR) is 70.3 cm³/mol. The van der Waals surface area contributed by atoms with Gasteiger partial charge in [-0.25, -0.2) is 4.39 Å². The minimum Gasteiger partial charge on any atom is -0.389 e. The molecule has 5 heteroatoms. The van der Waals surface area contributed by atoms with Crippen molar-refractivity contribution in [2.45, 2.75) is 12.6 Å². The topological polar surface area (TPSA) is 44.7 Å². The van der Waals surface area contributed by atoms with Crippen molar-refractivity contribution < 1.29 is 14.2 Å². The maximum atomic E-state index is 13.5. The lowest BCUT2D eigenvalue weighted by Gasteiger charge is -2.23. The molecule has 4 nitrogen and oxygen atoms in total. The van der Waals surface area contributed by atoms with Crippen molar-refractivity contribution in [1.82, 2.24) is 5.32 Å². The molecule has 18 heavy (non-hydrogen) atoms. The fourth-order valence-electron chi connectivity index (χ4n) is 1.83. The highest BCUT2D eigenvalue weighted by Crippen LogP contribution is 2.18. The number of hydrogen-bond donors (Lipinski definition) is 2. The Kier molecular flexibility index (Phi) is 6.04. The van der Waals surface area contributed by atoms with Crippen LogP contribution in [0.25, 0.3) is 0 Å². The maximum Gasteiger partial charge on any atom is 0.125 e. The Hall–Kier alpha value is -1.17. The highest BCUT2D eigenvalue weighted by molar-refractivity contribution is 5.48. The Morgan fingerprint density at radius 2 is 2.17 bits per heavy atom. The third-order valence-electron chi connectivity index (χ3n) is 2.61. The van der Waals surface area contributed by atoms with Gasteiger partial charge in [0.05, 0.1) is 12.7 Å². The first-order valence-electron chi connectivity index (χ1n) is 5.89. The number of hydrogen-bond acceptors (Lipinski definition) is 4. The zero-order valence-electron chi connectivity index (χ0n) is 11.1. The van der Waals surface area contributed by atoms with Gasteiger partial charge in [0.2, 0.25) is 0 Å². The lowest BCUT2D eigenvalue weighted by atomic mass is 10.1. The van der Waals surface area contributed by atoms with E-state index in [1.54, 1.807) is 0 Å². The Morgan fingerprint density at radius 3 is 2.78 bits per heavy atom. The molecule has 0 radical (unpaired) electrons. The zero-order valence-corrected chi connectivity index (χ0v) is 11.1. The molecule has 0 spiro atoms. The van der Waals surface area contributed by atoms with Crippen LogP contribution in [0.4, 0.5) is 10.1 Å². The number of anilines is 1. The van der Waals surface area contributed by atoms with Gasteiger partial charge in [0.1, 0.15) is 5.82 Å². The molecule has 0 saturated carbocycles. The van der Waals surface area contributed by atoms with Crippen LogP contribution >= 0.6 is 0 Å². The van der Waals surface area contributed by atoms with E-state index in [1.807, 2.05) is 25.1 Å². The summed E-state index contributed by atoms with van der Waals surface area (Å²) < 4.78 is 18.3. The first kappa shape index (κ1) is 14.9. The number of methoxy groups -OCH3 is 1. The molecular formula is C13H21FN2O2. The van der Waals surface area contributed by atoms with E-state index >= 15 is 0 Å². The summed E-state index contributed by atoms with van der Waals surface area (Å²) in [7, 11) is 5.17. The van der Waals surface area contributed by atoms with Gasteiger partial charge < -0.3 is 20.1 Å². The van der Waals surface area contributed by atoms with E-state index in [0.717, 1.165) is 11.3 Å². The molecule has 0 bridgehead atoms. The Labute approximate surface area is 107 Å². The summed E-state index contributed by atoms with van der Waals surface area (Å²) in [5.74, 6) is -0.272. The number of aliphatic hydroxyl groups is 1. The van der Waals surface area contributed by atoms with E-state index < -0.39 is 6.10 Å². The monoisotopic (exact) mass is 256 g/mol. The van der Waals surface area contributed by atoms with E-state index in [2.05, 4.69) is 5.32 Å². The summed E-state index contributed by atoms with van der Waals surface area (Å²) in [4.78, 5) is 1.81. The fourth-order valence-corrected chi connectivity index (χ4v) is 1.83. The third kappa shape index (κ3) is 4.60. The summed E-state index contributed by atoms with van der Waals surface area (Å²) in [6, 6.07) is 4.86. The van der Waals surface area contributed by atoms with Crippen LogP contribution in [0.3, 0.4) is 0 Å². The molecule has 1 aromatic rings. The van der Waals surface area contributed by atoms with Crippen molar-refractivity contribution in [1.29, 1.82) is 0 Å². The van der Waals surface area contributed by atoms with Crippen molar-refractivity contribution in [2.24, 2.45) is 0 Å². The number of rotatable bonds is 7. The van der Waals surface area contributed by atoms with Gasteiger partial charge in [-0.1, -0.05) is 0 Å². The van der Waals surface area contributed by atoms with Gasteiger partial charge in [-0.15, -0.1) is 0 Å². The normalized spacial score (nSPS) is 12.5. The molecule has 1 rings (SSSR count). The summed E-state index contributed by atoms with van der Waals surface area (Å²) >= 11 is 0. The summed E-state index contributed by atoms with van der Waals surface area (Å²) in [5, 5.41) is 12.6. The molecule has 0 saturated heterocycles. The molecule has 1 aromatic carbocycles. The van der Waals surface area contributed by atoms with Gasteiger partial charge in [0.15, 0.2) is 0 Å². The van der Waals surface area contributed by atoms with Crippen molar-refractivity contribution in [2.75, 3.05) is 39.3 Å². The van der Waals surface area contributed by atoms with Crippen molar-refractivity contribution in [3.8, 4) is 0 Å². The summed E-state index contributed by atoms with van der Waals surface area (Å²) in [6.07, 6.45) is -0.587. The minimum absolute atomic E-state index is 0.267. The van der Waals surface area contributed by atoms with Gasteiger partial charge in [0.25, 0.3) is 0 Å². The number of nitrogens with zero attached hydrogens (tertiary/aromatic N) is 1. The molecule has 1 unspecified atom stereocenters. The van der Waals surface area contributed by atoms with Crippen LogP contribution in [0.1, 0.15) is 5.56 Å². The average molecular weight is 256 g/mol. The average Bonchev–Trinajstić information content (AvgIpc) is 2.28. The van der Waals surface area contributed by atoms with Crippen LogP contribution in [0.15, 0.2) is 18.2 Å². The van der Waals surface area contributed by atoms with Crippen LogP contribution in [0.5, 0.6) is 0 Å². The minimum atomic E-state index is -0.587. The lowest BCUT2D eigenvalue weighted by molar-refractivity contribution is 0.0695. The second-order valence-corrected chi connectivity index (χ2v) is 4.34. The van der Waals surface area contributed by atoms with Crippen molar-refractivity contribution in [3.63, 3.8) is 0 Å². The third-order valence-corrected chi connectivity index (χ3v) is 2.61.